The lowest BCUT2D eigenvalue weighted by Gasteiger charge is -2.11. The number of hydrogen-bond donors (Lipinski definition) is 0. The van der Waals surface area contributed by atoms with Gasteiger partial charge >= 0.3 is 0 Å². The van der Waals surface area contributed by atoms with Gasteiger partial charge < -0.3 is 9.47 Å². The highest BCUT2D eigenvalue weighted by molar-refractivity contribution is 9.10. The van der Waals surface area contributed by atoms with Crippen molar-refractivity contribution >= 4 is 15.9 Å². The van der Waals surface area contributed by atoms with Crippen molar-refractivity contribution in [3.63, 3.8) is 0 Å². The van der Waals surface area contributed by atoms with Crippen LogP contribution in [-0.2, 0) is 13.2 Å². The van der Waals surface area contributed by atoms with E-state index in [1.807, 2.05) is 6.07 Å². The summed E-state index contributed by atoms with van der Waals surface area (Å²) in [4.78, 5) is 8.15. The zero-order valence-corrected chi connectivity index (χ0v) is 14.2. The average molecular weight is 389 g/mol. The minimum atomic E-state index is -0.284. The SMILES string of the molecule is Fc1ccccc1COc1ccc(Br)c(OCc2cnccn2)c1. The van der Waals surface area contributed by atoms with Crippen LogP contribution in [0.25, 0.3) is 0 Å². The maximum absolute atomic E-state index is 13.6. The molecular formula is C18H14BrFN2O2. The Morgan fingerprint density at radius 1 is 1.00 bits per heavy atom. The van der Waals surface area contributed by atoms with Crippen LogP contribution in [0.3, 0.4) is 0 Å². The summed E-state index contributed by atoms with van der Waals surface area (Å²) in [6.45, 7) is 0.446. The third kappa shape index (κ3) is 4.29. The number of nitrogens with zero attached hydrogens (tertiary/aromatic N) is 2. The van der Waals surface area contributed by atoms with Crippen LogP contribution in [0.5, 0.6) is 11.5 Å². The maximum atomic E-state index is 13.6. The van der Waals surface area contributed by atoms with Gasteiger partial charge in [-0.2, -0.15) is 0 Å². The van der Waals surface area contributed by atoms with Crippen LogP contribution < -0.4 is 9.47 Å². The van der Waals surface area contributed by atoms with Crippen LogP contribution in [0.2, 0.25) is 0 Å². The molecule has 122 valence electrons. The largest absolute Gasteiger partial charge is 0.489 e. The zero-order valence-electron chi connectivity index (χ0n) is 12.7. The second-order valence-electron chi connectivity index (χ2n) is 4.96. The fraction of sp³-hybridized carbons (Fsp3) is 0.111. The highest BCUT2D eigenvalue weighted by Crippen LogP contribution is 2.30. The molecule has 0 unspecified atom stereocenters. The van der Waals surface area contributed by atoms with E-state index in [1.165, 1.54) is 6.07 Å². The molecule has 24 heavy (non-hydrogen) atoms. The standard InChI is InChI=1S/C18H14BrFN2O2/c19-16-6-5-15(23-11-13-3-1-2-4-17(13)20)9-18(16)24-12-14-10-21-7-8-22-14/h1-10H,11-12H2. The van der Waals surface area contributed by atoms with Gasteiger partial charge in [0, 0.05) is 24.0 Å². The lowest BCUT2D eigenvalue weighted by atomic mass is 10.2. The van der Waals surface area contributed by atoms with Crippen molar-refractivity contribution in [3.05, 3.63) is 82.6 Å². The first kappa shape index (κ1) is 16.4. The van der Waals surface area contributed by atoms with Crippen molar-refractivity contribution in [2.45, 2.75) is 13.2 Å². The van der Waals surface area contributed by atoms with Crippen molar-refractivity contribution in [1.29, 1.82) is 0 Å². The molecule has 0 aliphatic carbocycles. The van der Waals surface area contributed by atoms with Gasteiger partial charge in [0.25, 0.3) is 0 Å². The zero-order chi connectivity index (χ0) is 16.8. The number of hydrogen-bond acceptors (Lipinski definition) is 4. The van der Waals surface area contributed by atoms with Gasteiger partial charge in [0.2, 0.25) is 0 Å². The fourth-order valence-electron chi connectivity index (χ4n) is 2.02. The molecule has 3 aromatic rings. The van der Waals surface area contributed by atoms with Crippen LogP contribution in [0.1, 0.15) is 11.3 Å². The molecule has 6 heteroatoms. The van der Waals surface area contributed by atoms with E-state index in [9.17, 15) is 4.39 Å². The van der Waals surface area contributed by atoms with Crippen molar-refractivity contribution in [3.8, 4) is 11.5 Å². The highest BCUT2D eigenvalue weighted by atomic mass is 79.9. The summed E-state index contributed by atoms with van der Waals surface area (Å²) in [5.41, 5.74) is 1.23. The van der Waals surface area contributed by atoms with Crippen LogP contribution >= 0.6 is 15.9 Å². The van der Waals surface area contributed by atoms with Gasteiger partial charge in [0.1, 0.15) is 30.5 Å². The second kappa shape index (κ2) is 7.88. The van der Waals surface area contributed by atoms with Crippen LogP contribution in [-0.4, -0.2) is 9.97 Å². The average Bonchev–Trinajstić information content (AvgIpc) is 2.62. The molecule has 0 atom stereocenters. The van der Waals surface area contributed by atoms with Crippen molar-refractivity contribution in [2.24, 2.45) is 0 Å². The first-order chi connectivity index (χ1) is 11.7. The number of halogens is 2. The van der Waals surface area contributed by atoms with Crippen LogP contribution in [0, 0.1) is 5.82 Å². The molecule has 0 radical (unpaired) electrons. The summed E-state index contributed by atoms with van der Waals surface area (Å²) >= 11 is 3.44. The molecular weight excluding hydrogens is 375 g/mol. The first-order valence-corrected chi connectivity index (χ1v) is 8.05. The van der Waals surface area contributed by atoms with E-state index < -0.39 is 0 Å². The summed E-state index contributed by atoms with van der Waals surface area (Å²) in [5.74, 6) is 0.927. The van der Waals surface area contributed by atoms with E-state index in [0.29, 0.717) is 23.7 Å². The van der Waals surface area contributed by atoms with Crippen LogP contribution in [0.15, 0.2) is 65.5 Å². The quantitative estimate of drug-likeness (QED) is 0.621. The van der Waals surface area contributed by atoms with E-state index in [0.717, 1.165) is 10.2 Å². The normalized spacial score (nSPS) is 10.4. The molecule has 3 rings (SSSR count). The summed E-state index contributed by atoms with van der Waals surface area (Å²) < 4.78 is 25.8. The molecule has 0 fully saturated rings. The molecule has 0 bridgehead atoms. The molecule has 0 spiro atoms. The Hall–Kier alpha value is -2.47. The van der Waals surface area contributed by atoms with Crippen molar-refractivity contribution < 1.29 is 13.9 Å². The number of benzene rings is 2. The Morgan fingerprint density at radius 2 is 1.88 bits per heavy atom. The predicted octanol–water partition coefficient (Wildman–Crippen LogP) is 4.54. The van der Waals surface area contributed by atoms with Crippen molar-refractivity contribution in [1.82, 2.24) is 9.97 Å². The predicted molar refractivity (Wildman–Crippen MR) is 91.2 cm³/mol. The Morgan fingerprint density at radius 3 is 2.67 bits per heavy atom. The lowest BCUT2D eigenvalue weighted by Crippen LogP contribution is -2.01. The van der Waals surface area contributed by atoms with E-state index in [2.05, 4.69) is 25.9 Å². The van der Waals surface area contributed by atoms with Gasteiger partial charge in [-0.25, -0.2) is 4.39 Å². The summed E-state index contributed by atoms with van der Waals surface area (Å²) in [6, 6.07) is 11.9. The molecule has 0 saturated heterocycles. The van der Waals surface area contributed by atoms with Gasteiger partial charge in [0.05, 0.1) is 16.4 Å². The lowest BCUT2D eigenvalue weighted by molar-refractivity contribution is 0.283. The Balaban J connectivity index is 1.66. The van der Waals surface area contributed by atoms with Crippen LogP contribution in [0.4, 0.5) is 4.39 Å². The Labute approximate surface area is 147 Å². The fourth-order valence-corrected chi connectivity index (χ4v) is 2.38. The first-order valence-electron chi connectivity index (χ1n) is 7.26. The Kier molecular flexibility index (Phi) is 5.38. The molecule has 1 aromatic heterocycles. The number of ether oxygens (including phenoxy) is 2. The smallest absolute Gasteiger partial charge is 0.137 e. The monoisotopic (exact) mass is 388 g/mol. The summed E-state index contributed by atoms with van der Waals surface area (Å²) in [6.07, 6.45) is 4.87. The van der Waals surface area contributed by atoms with E-state index in [4.69, 9.17) is 9.47 Å². The second-order valence-corrected chi connectivity index (χ2v) is 5.81. The summed E-state index contributed by atoms with van der Waals surface area (Å²) in [5, 5.41) is 0. The Bertz CT molecular complexity index is 815. The molecule has 0 aliphatic rings. The third-order valence-electron chi connectivity index (χ3n) is 3.25. The molecule has 0 aliphatic heterocycles. The number of aromatic nitrogens is 2. The molecule has 0 N–H and O–H groups in total. The number of rotatable bonds is 6. The molecule has 0 amide bonds. The van der Waals surface area contributed by atoms with E-state index in [1.54, 1.807) is 48.9 Å². The molecule has 1 heterocycles. The van der Waals surface area contributed by atoms with Gasteiger partial charge in [0.15, 0.2) is 0 Å². The highest BCUT2D eigenvalue weighted by Gasteiger charge is 2.07. The minimum absolute atomic E-state index is 0.151. The minimum Gasteiger partial charge on any atom is -0.489 e. The van der Waals surface area contributed by atoms with E-state index >= 15 is 0 Å². The maximum Gasteiger partial charge on any atom is 0.137 e. The van der Waals surface area contributed by atoms with E-state index in [-0.39, 0.29) is 12.4 Å². The topological polar surface area (TPSA) is 44.2 Å². The van der Waals surface area contributed by atoms with Gasteiger partial charge in [-0.15, -0.1) is 0 Å². The molecule has 4 nitrogen and oxygen atoms in total. The van der Waals surface area contributed by atoms with Gasteiger partial charge in [-0.1, -0.05) is 18.2 Å². The van der Waals surface area contributed by atoms with Gasteiger partial charge in [-0.3, -0.25) is 9.97 Å². The molecule has 2 aromatic carbocycles. The summed E-state index contributed by atoms with van der Waals surface area (Å²) in [7, 11) is 0. The van der Waals surface area contributed by atoms with Gasteiger partial charge in [-0.05, 0) is 34.1 Å². The third-order valence-corrected chi connectivity index (χ3v) is 3.90. The molecule has 0 saturated carbocycles. The van der Waals surface area contributed by atoms with Crippen molar-refractivity contribution in [2.75, 3.05) is 0 Å².